The summed E-state index contributed by atoms with van der Waals surface area (Å²) in [5.74, 6) is 1.79. The number of thioether (sulfide) groups is 1. The van der Waals surface area contributed by atoms with Crippen LogP contribution in [0.15, 0.2) is 0 Å². The fourth-order valence-electron chi connectivity index (χ4n) is 3.43. The Kier molecular flexibility index (Phi) is 3.26. The third-order valence-electron chi connectivity index (χ3n) is 4.39. The van der Waals surface area contributed by atoms with Crippen molar-refractivity contribution in [3.8, 4) is 0 Å². The minimum atomic E-state index is -0.446. The quantitative estimate of drug-likeness (QED) is 0.676. The lowest BCUT2D eigenvalue weighted by Crippen LogP contribution is -2.47. The van der Waals surface area contributed by atoms with E-state index in [4.69, 9.17) is 4.74 Å². The van der Waals surface area contributed by atoms with Crippen LogP contribution in [-0.4, -0.2) is 47.0 Å². The van der Waals surface area contributed by atoms with E-state index in [2.05, 4.69) is 0 Å². The number of amides is 1. The van der Waals surface area contributed by atoms with Crippen LogP contribution in [0.3, 0.4) is 0 Å². The van der Waals surface area contributed by atoms with Crippen LogP contribution in [0, 0.1) is 5.92 Å². The third-order valence-corrected chi connectivity index (χ3v) is 5.34. The Labute approximate surface area is 111 Å². The molecule has 3 rings (SSSR count). The second kappa shape index (κ2) is 4.76. The molecule has 1 spiro atoms. The van der Waals surface area contributed by atoms with Gasteiger partial charge in [0.15, 0.2) is 0 Å². The Morgan fingerprint density at radius 3 is 2.61 bits per heavy atom. The first kappa shape index (κ1) is 12.3. The molecule has 2 aliphatic heterocycles. The topological polar surface area (TPSA) is 46.6 Å². The molecule has 1 saturated carbocycles. The van der Waals surface area contributed by atoms with Gasteiger partial charge in [0, 0.05) is 24.6 Å². The summed E-state index contributed by atoms with van der Waals surface area (Å²) in [6.45, 7) is 1.65. The van der Waals surface area contributed by atoms with Crippen molar-refractivity contribution < 1.29 is 14.3 Å². The van der Waals surface area contributed by atoms with Crippen LogP contribution in [-0.2, 0) is 14.3 Å². The number of hydrogen-bond donors (Lipinski definition) is 0. The number of nitrogens with zero attached hydrogens (tertiary/aromatic N) is 1. The van der Waals surface area contributed by atoms with E-state index in [1.807, 2.05) is 16.7 Å². The van der Waals surface area contributed by atoms with Gasteiger partial charge in [0.25, 0.3) is 0 Å². The maximum atomic E-state index is 12.6. The summed E-state index contributed by atoms with van der Waals surface area (Å²) in [6.07, 6.45) is 4.19. The van der Waals surface area contributed by atoms with Crippen molar-refractivity contribution in [3.05, 3.63) is 0 Å². The van der Waals surface area contributed by atoms with E-state index in [1.165, 1.54) is 0 Å². The summed E-state index contributed by atoms with van der Waals surface area (Å²) in [5, 5.41) is 0. The minimum absolute atomic E-state index is 0.156. The van der Waals surface area contributed by atoms with Crippen molar-refractivity contribution in [2.45, 2.75) is 37.7 Å². The van der Waals surface area contributed by atoms with Crippen molar-refractivity contribution in [1.82, 2.24) is 4.90 Å². The highest BCUT2D eigenvalue weighted by Gasteiger charge is 2.54. The first-order valence-electron chi connectivity index (χ1n) is 6.80. The Bertz CT molecular complexity index is 359. The molecule has 1 aliphatic carbocycles. The largest absolute Gasteiger partial charge is 0.458 e. The first-order valence-corrected chi connectivity index (χ1v) is 7.95. The highest BCUT2D eigenvalue weighted by atomic mass is 32.2. The molecule has 4 nitrogen and oxygen atoms in total. The van der Waals surface area contributed by atoms with E-state index < -0.39 is 5.60 Å². The summed E-state index contributed by atoms with van der Waals surface area (Å²) in [6, 6.07) is 0. The van der Waals surface area contributed by atoms with Gasteiger partial charge in [0.2, 0.25) is 5.91 Å². The third kappa shape index (κ3) is 2.02. The molecule has 0 aromatic heterocycles. The summed E-state index contributed by atoms with van der Waals surface area (Å²) >= 11 is 1.89. The predicted molar refractivity (Wildman–Crippen MR) is 69.3 cm³/mol. The lowest BCUT2D eigenvalue weighted by atomic mass is 9.84. The number of rotatable bonds is 1. The lowest BCUT2D eigenvalue weighted by molar-refractivity contribution is -0.151. The van der Waals surface area contributed by atoms with Gasteiger partial charge in [-0.1, -0.05) is 0 Å². The smallest absolute Gasteiger partial charge is 0.307 e. The van der Waals surface area contributed by atoms with E-state index in [-0.39, 0.29) is 17.8 Å². The van der Waals surface area contributed by atoms with Crippen LogP contribution in [0.5, 0.6) is 0 Å². The second-order valence-electron chi connectivity index (χ2n) is 5.44. The molecule has 2 heterocycles. The molecule has 3 aliphatic rings. The fourth-order valence-corrected chi connectivity index (χ4v) is 4.34. The Hall–Kier alpha value is -0.710. The Morgan fingerprint density at radius 1 is 1.28 bits per heavy atom. The van der Waals surface area contributed by atoms with E-state index >= 15 is 0 Å². The van der Waals surface area contributed by atoms with Gasteiger partial charge in [0.1, 0.15) is 5.60 Å². The van der Waals surface area contributed by atoms with Crippen LogP contribution in [0.1, 0.15) is 32.1 Å². The molecule has 1 atom stereocenters. The zero-order chi connectivity index (χ0) is 12.6. The Balaban J connectivity index is 1.76. The molecule has 5 heteroatoms. The number of carbonyl (C=O) groups excluding carboxylic acids is 2. The monoisotopic (exact) mass is 269 g/mol. The average Bonchev–Trinajstić information content (AvgIpc) is 2.98. The molecule has 0 aromatic carbocycles. The fraction of sp³-hybridized carbons (Fsp3) is 0.846. The average molecular weight is 269 g/mol. The van der Waals surface area contributed by atoms with Gasteiger partial charge in [-0.15, -0.1) is 0 Å². The summed E-state index contributed by atoms with van der Waals surface area (Å²) in [7, 11) is 0. The minimum Gasteiger partial charge on any atom is -0.458 e. The van der Waals surface area contributed by atoms with Gasteiger partial charge < -0.3 is 9.64 Å². The van der Waals surface area contributed by atoms with Gasteiger partial charge in [0.05, 0.1) is 12.3 Å². The molecule has 18 heavy (non-hydrogen) atoms. The highest BCUT2D eigenvalue weighted by Crippen LogP contribution is 2.46. The standard InChI is InChI=1S/C13H19NO3S/c15-11-9-10(13(17-11)3-1-2-4-13)12(16)14-5-7-18-8-6-14/h10H,1-9H2. The zero-order valence-electron chi connectivity index (χ0n) is 10.5. The van der Waals surface area contributed by atoms with Gasteiger partial charge in [-0.3, -0.25) is 9.59 Å². The molecule has 2 saturated heterocycles. The van der Waals surface area contributed by atoms with Crippen molar-refractivity contribution in [1.29, 1.82) is 0 Å². The van der Waals surface area contributed by atoms with E-state index in [1.54, 1.807) is 0 Å². The van der Waals surface area contributed by atoms with Gasteiger partial charge in [-0.05, 0) is 25.7 Å². The molecule has 1 unspecified atom stereocenters. The molecule has 0 aromatic rings. The summed E-state index contributed by atoms with van der Waals surface area (Å²) in [5.41, 5.74) is -0.446. The maximum absolute atomic E-state index is 12.6. The van der Waals surface area contributed by atoms with Crippen LogP contribution in [0.25, 0.3) is 0 Å². The number of carbonyl (C=O) groups is 2. The van der Waals surface area contributed by atoms with Gasteiger partial charge in [-0.25, -0.2) is 0 Å². The van der Waals surface area contributed by atoms with E-state index in [9.17, 15) is 9.59 Å². The van der Waals surface area contributed by atoms with Crippen molar-refractivity contribution in [2.75, 3.05) is 24.6 Å². The predicted octanol–water partition coefficient (Wildman–Crippen LogP) is 1.44. The number of esters is 1. The molecule has 1 amide bonds. The maximum Gasteiger partial charge on any atom is 0.307 e. The molecule has 0 radical (unpaired) electrons. The van der Waals surface area contributed by atoms with Crippen molar-refractivity contribution in [3.63, 3.8) is 0 Å². The van der Waals surface area contributed by atoms with E-state index in [0.717, 1.165) is 50.3 Å². The molecule has 0 bridgehead atoms. The van der Waals surface area contributed by atoms with Crippen LogP contribution in [0.2, 0.25) is 0 Å². The van der Waals surface area contributed by atoms with Gasteiger partial charge in [-0.2, -0.15) is 11.8 Å². The van der Waals surface area contributed by atoms with Crippen LogP contribution in [0.4, 0.5) is 0 Å². The van der Waals surface area contributed by atoms with Crippen molar-refractivity contribution in [2.24, 2.45) is 5.92 Å². The Morgan fingerprint density at radius 2 is 1.94 bits per heavy atom. The summed E-state index contributed by atoms with van der Waals surface area (Å²) < 4.78 is 5.54. The van der Waals surface area contributed by atoms with Gasteiger partial charge >= 0.3 is 5.97 Å². The molecular formula is C13H19NO3S. The SMILES string of the molecule is O=C1CC(C(=O)N2CCSCC2)C2(CCCC2)O1. The van der Waals surface area contributed by atoms with E-state index in [0.29, 0.717) is 6.42 Å². The highest BCUT2D eigenvalue weighted by molar-refractivity contribution is 7.99. The molecular weight excluding hydrogens is 250 g/mol. The summed E-state index contributed by atoms with van der Waals surface area (Å²) in [4.78, 5) is 26.1. The molecule has 3 fully saturated rings. The molecule has 100 valence electrons. The first-order chi connectivity index (χ1) is 8.71. The zero-order valence-corrected chi connectivity index (χ0v) is 11.3. The second-order valence-corrected chi connectivity index (χ2v) is 6.67. The molecule has 0 N–H and O–H groups in total. The van der Waals surface area contributed by atoms with Crippen LogP contribution >= 0.6 is 11.8 Å². The van der Waals surface area contributed by atoms with Crippen LogP contribution < -0.4 is 0 Å². The normalized spacial score (nSPS) is 30.8. The lowest BCUT2D eigenvalue weighted by Gasteiger charge is -2.34. The number of ether oxygens (including phenoxy) is 1. The number of hydrogen-bond acceptors (Lipinski definition) is 4. The van der Waals surface area contributed by atoms with Crippen molar-refractivity contribution >= 4 is 23.6 Å².